The number of pyridine rings is 1. The molecule has 0 radical (unpaired) electrons. The fraction of sp³-hybridized carbons (Fsp3) is 0.353. The van der Waals surface area contributed by atoms with E-state index < -0.39 is 0 Å². The topological polar surface area (TPSA) is 43.4 Å². The van der Waals surface area contributed by atoms with E-state index in [1.54, 1.807) is 6.20 Å². The number of aromatic nitrogens is 1. The lowest BCUT2D eigenvalue weighted by atomic mass is 10.0. The number of ether oxygens (including phenoxy) is 2. The summed E-state index contributed by atoms with van der Waals surface area (Å²) in [5.74, 6) is 2.54. The summed E-state index contributed by atoms with van der Waals surface area (Å²) in [6.45, 7) is 2.84. The van der Waals surface area contributed by atoms with Crippen molar-refractivity contribution >= 4 is 0 Å². The van der Waals surface area contributed by atoms with Crippen LogP contribution in [0.2, 0.25) is 0 Å². The predicted octanol–water partition coefficient (Wildman–Crippen LogP) is 3.25. The molecular formula is C17H20N2O2. The molecule has 0 saturated carbocycles. The van der Waals surface area contributed by atoms with Crippen LogP contribution >= 0.6 is 0 Å². The maximum Gasteiger partial charge on any atom is 0.262 e. The number of para-hydroxylation sites is 1. The molecule has 21 heavy (non-hydrogen) atoms. The third-order valence-electron chi connectivity index (χ3n) is 3.57. The summed E-state index contributed by atoms with van der Waals surface area (Å²) >= 11 is 0. The SMILES string of the molecule is c1ccc(Oc2ncccc2OC[C@@H]2CCCNC2)cc1. The Bertz CT molecular complexity index is 554. The van der Waals surface area contributed by atoms with Gasteiger partial charge in [0.25, 0.3) is 5.88 Å². The van der Waals surface area contributed by atoms with Gasteiger partial charge in [-0.15, -0.1) is 0 Å². The maximum absolute atomic E-state index is 5.92. The first-order chi connectivity index (χ1) is 10.4. The summed E-state index contributed by atoms with van der Waals surface area (Å²) in [7, 11) is 0. The van der Waals surface area contributed by atoms with Gasteiger partial charge in [0, 0.05) is 18.7 Å². The second-order valence-corrected chi connectivity index (χ2v) is 5.25. The lowest BCUT2D eigenvalue weighted by Crippen LogP contribution is -2.33. The van der Waals surface area contributed by atoms with Crippen molar-refractivity contribution in [1.29, 1.82) is 0 Å². The Kier molecular flexibility index (Phi) is 4.69. The summed E-state index contributed by atoms with van der Waals surface area (Å²) in [5, 5.41) is 3.40. The van der Waals surface area contributed by atoms with Crippen LogP contribution in [0.4, 0.5) is 0 Å². The number of hydrogen-bond donors (Lipinski definition) is 1. The zero-order valence-electron chi connectivity index (χ0n) is 12.0. The van der Waals surface area contributed by atoms with Gasteiger partial charge in [-0.2, -0.15) is 0 Å². The van der Waals surface area contributed by atoms with Gasteiger partial charge in [-0.3, -0.25) is 0 Å². The molecule has 1 saturated heterocycles. The van der Waals surface area contributed by atoms with Gasteiger partial charge in [-0.1, -0.05) is 18.2 Å². The van der Waals surface area contributed by atoms with Crippen LogP contribution in [0.1, 0.15) is 12.8 Å². The number of hydrogen-bond acceptors (Lipinski definition) is 4. The van der Waals surface area contributed by atoms with Crippen LogP contribution in [0.25, 0.3) is 0 Å². The van der Waals surface area contributed by atoms with Crippen molar-refractivity contribution in [3.63, 3.8) is 0 Å². The summed E-state index contributed by atoms with van der Waals surface area (Å²) in [6, 6.07) is 13.4. The minimum atomic E-state index is 0.521. The molecule has 3 rings (SSSR count). The van der Waals surface area contributed by atoms with E-state index in [0.29, 0.717) is 24.2 Å². The zero-order chi connectivity index (χ0) is 14.3. The van der Waals surface area contributed by atoms with Crippen LogP contribution < -0.4 is 14.8 Å². The number of nitrogens with zero attached hydrogens (tertiary/aromatic N) is 1. The van der Waals surface area contributed by atoms with Crippen molar-refractivity contribution in [2.75, 3.05) is 19.7 Å². The largest absolute Gasteiger partial charge is 0.488 e. The van der Waals surface area contributed by atoms with Crippen molar-refractivity contribution in [2.45, 2.75) is 12.8 Å². The fourth-order valence-corrected chi connectivity index (χ4v) is 2.44. The average Bonchev–Trinajstić information content (AvgIpc) is 2.56. The van der Waals surface area contributed by atoms with Crippen LogP contribution in [0.15, 0.2) is 48.7 Å². The quantitative estimate of drug-likeness (QED) is 0.915. The number of piperidine rings is 1. The van der Waals surface area contributed by atoms with Gasteiger partial charge in [-0.05, 0) is 43.7 Å². The summed E-state index contributed by atoms with van der Waals surface area (Å²) in [5.41, 5.74) is 0. The first kappa shape index (κ1) is 13.9. The molecule has 4 heteroatoms. The third kappa shape index (κ3) is 3.95. The highest BCUT2D eigenvalue weighted by Gasteiger charge is 2.15. The Morgan fingerprint density at radius 1 is 1.14 bits per heavy atom. The van der Waals surface area contributed by atoms with Gasteiger partial charge in [0.05, 0.1) is 6.61 Å². The molecule has 0 unspecified atom stereocenters. The molecule has 0 aliphatic carbocycles. The first-order valence-electron chi connectivity index (χ1n) is 7.43. The molecule has 2 aromatic rings. The van der Waals surface area contributed by atoms with Crippen molar-refractivity contribution in [3.8, 4) is 17.4 Å². The average molecular weight is 284 g/mol. The molecule has 1 aromatic carbocycles. The molecule has 1 N–H and O–H groups in total. The molecule has 4 nitrogen and oxygen atoms in total. The Labute approximate surface area is 125 Å². The van der Waals surface area contributed by atoms with Gasteiger partial charge in [0.15, 0.2) is 5.75 Å². The van der Waals surface area contributed by atoms with E-state index in [4.69, 9.17) is 9.47 Å². The molecule has 0 bridgehead atoms. The summed E-state index contributed by atoms with van der Waals surface area (Å²) in [4.78, 5) is 4.27. The van der Waals surface area contributed by atoms with Crippen LogP contribution in [0.5, 0.6) is 17.4 Å². The first-order valence-corrected chi connectivity index (χ1v) is 7.43. The number of nitrogens with one attached hydrogen (secondary N) is 1. The van der Waals surface area contributed by atoms with E-state index in [1.165, 1.54) is 12.8 Å². The van der Waals surface area contributed by atoms with Gasteiger partial charge in [0.1, 0.15) is 5.75 Å². The fourth-order valence-electron chi connectivity index (χ4n) is 2.44. The maximum atomic E-state index is 5.92. The molecule has 1 atom stereocenters. The molecule has 110 valence electrons. The van der Waals surface area contributed by atoms with E-state index in [1.807, 2.05) is 42.5 Å². The van der Waals surface area contributed by atoms with Gasteiger partial charge in [0.2, 0.25) is 0 Å². The van der Waals surface area contributed by atoms with Crippen molar-refractivity contribution in [2.24, 2.45) is 5.92 Å². The molecule has 1 aliphatic rings. The highest BCUT2D eigenvalue weighted by molar-refractivity contribution is 5.36. The molecule has 2 heterocycles. The van der Waals surface area contributed by atoms with E-state index in [-0.39, 0.29) is 0 Å². The van der Waals surface area contributed by atoms with Gasteiger partial charge in [-0.25, -0.2) is 4.98 Å². The van der Waals surface area contributed by atoms with Crippen molar-refractivity contribution in [3.05, 3.63) is 48.7 Å². The van der Waals surface area contributed by atoms with E-state index >= 15 is 0 Å². The smallest absolute Gasteiger partial charge is 0.262 e. The van der Waals surface area contributed by atoms with Crippen molar-refractivity contribution < 1.29 is 9.47 Å². The predicted molar refractivity (Wildman–Crippen MR) is 81.8 cm³/mol. The summed E-state index contributed by atoms with van der Waals surface area (Å²) < 4.78 is 11.7. The van der Waals surface area contributed by atoms with Gasteiger partial charge < -0.3 is 14.8 Å². The van der Waals surface area contributed by atoms with Gasteiger partial charge >= 0.3 is 0 Å². The molecule has 1 aromatic heterocycles. The lowest BCUT2D eigenvalue weighted by Gasteiger charge is -2.23. The van der Waals surface area contributed by atoms with E-state index in [9.17, 15) is 0 Å². The minimum Gasteiger partial charge on any atom is -0.488 e. The Balaban J connectivity index is 1.64. The molecule has 1 aliphatic heterocycles. The Morgan fingerprint density at radius 3 is 2.86 bits per heavy atom. The monoisotopic (exact) mass is 284 g/mol. The second-order valence-electron chi connectivity index (χ2n) is 5.25. The standard InChI is InChI=1S/C17H20N2O2/c1-2-7-15(8-3-1)21-17-16(9-5-11-19-17)20-13-14-6-4-10-18-12-14/h1-3,5,7-9,11,14,18H,4,6,10,12-13H2/t14-/m1/s1. The zero-order valence-corrected chi connectivity index (χ0v) is 12.0. The third-order valence-corrected chi connectivity index (χ3v) is 3.57. The molecule has 0 spiro atoms. The van der Waals surface area contributed by atoms with Crippen LogP contribution in [0, 0.1) is 5.92 Å². The Morgan fingerprint density at radius 2 is 2.05 bits per heavy atom. The highest BCUT2D eigenvalue weighted by Crippen LogP contribution is 2.29. The Hall–Kier alpha value is -2.07. The van der Waals surface area contributed by atoms with Crippen LogP contribution in [-0.4, -0.2) is 24.7 Å². The second kappa shape index (κ2) is 7.09. The van der Waals surface area contributed by atoms with E-state index in [2.05, 4.69) is 10.3 Å². The van der Waals surface area contributed by atoms with Crippen molar-refractivity contribution in [1.82, 2.24) is 10.3 Å². The lowest BCUT2D eigenvalue weighted by molar-refractivity contribution is 0.212. The minimum absolute atomic E-state index is 0.521. The molecule has 0 amide bonds. The van der Waals surface area contributed by atoms with Crippen LogP contribution in [-0.2, 0) is 0 Å². The normalized spacial score (nSPS) is 18.2. The van der Waals surface area contributed by atoms with Crippen LogP contribution in [0.3, 0.4) is 0 Å². The molecular weight excluding hydrogens is 264 g/mol. The number of rotatable bonds is 5. The summed E-state index contributed by atoms with van der Waals surface area (Å²) in [6.07, 6.45) is 4.14. The van der Waals surface area contributed by atoms with E-state index in [0.717, 1.165) is 18.8 Å². The highest BCUT2D eigenvalue weighted by atomic mass is 16.5. The number of benzene rings is 1. The molecule has 1 fully saturated rings.